The van der Waals surface area contributed by atoms with Crippen LogP contribution < -0.4 is 0 Å². The molecule has 3 saturated carbocycles. The molecule has 4 aliphatic carbocycles. The monoisotopic (exact) mass is 568 g/mol. The van der Waals surface area contributed by atoms with Gasteiger partial charge in [0, 0.05) is 11.8 Å². The van der Waals surface area contributed by atoms with E-state index in [4.69, 9.17) is 8.75 Å². The first-order valence-corrected chi connectivity index (χ1v) is 19.1. The molecule has 40 heavy (non-hydrogen) atoms. The number of unbranched alkanes of at least 4 members (excludes halogenated alkanes) is 10. The minimum Gasteiger partial charge on any atom is -0.178 e. The van der Waals surface area contributed by atoms with Crippen molar-refractivity contribution in [2.75, 3.05) is 0 Å². The van der Waals surface area contributed by atoms with Gasteiger partial charge in [-0.2, -0.15) is 8.75 Å². The lowest BCUT2D eigenvalue weighted by atomic mass is 9.57. The van der Waals surface area contributed by atoms with Gasteiger partial charge in [0.2, 0.25) is 0 Å². The third-order valence-electron chi connectivity index (χ3n) is 13.0. The molecule has 0 aromatic carbocycles. The molecule has 0 bridgehead atoms. The molecule has 0 amide bonds. The number of hydrogen-bond donors (Lipinski definition) is 0. The highest BCUT2D eigenvalue weighted by molar-refractivity contribution is 6.99. The summed E-state index contributed by atoms with van der Waals surface area (Å²) in [6.45, 7) is 9.70. The van der Waals surface area contributed by atoms with Gasteiger partial charge in [0.1, 0.15) is 0 Å². The SMILES string of the molecule is CCCCCCCCC1(CCCCCCCC)C2CC(C)CCC2C2CCC(C3CCC(C)c4nsnc43)CC21. The molecule has 1 heterocycles. The molecule has 5 rings (SSSR count). The summed E-state index contributed by atoms with van der Waals surface area (Å²) in [5.41, 5.74) is 3.46. The molecule has 8 unspecified atom stereocenters. The zero-order valence-electron chi connectivity index (χ0n) is 27.0. The fraction of sp³-hybridized carbons (Fsp3) is 0.946. The minimum absolute atomic E-state index is 0.622. The van der Waals surface area contributed by atoms with Crippen molar-refractivity contribution in [1.29, 1.82) is 0 Å². The summed E-state index contributed by atoms with van der Waals surface area (Å²) in [7, 11) is 0. The van der Waals surface area contributed by atoms with Gasteiger partial charge in [0.15, 0.2) is 0 Å². The van der Waals surface area contributed by atoms with Gasteiger partial charge in [0.05, 0.1) is 23.1 Å². The van der Waals surface area contributed by atoms with E-state index >= 15 is 0 Å². The van der Waals surface area contributed by atoms with E-state index in [9.17, 15) is 0 Å². The van der Waals surface area contributed by atoms with Crippen LogP contribution in [0.2, 0.25) is 0 Å². The van der Waals surface area contributed by atoms with Crippen molar-refractivity contribution >= 4 is 11.7 Å². The van der Waals surface area contributed by atoms with Gasteiger partial charge >= 0.3 is 0 Å². The average molecular weight is 569 g/mol. The molecule has 3 heteroatoms. The van der Waals surface area contributed by atoms with Gasteiger partial charge in [-0.1, -0.05) is 111 Å². The summed E-state index contributed by atoms with van der Waals surface area (Å²) < 4.78 is 9.79. The second-order valence-corrected chi connectivity index (χ2v) is 15.9. The molecular weight excluding hydrogens is 504 g/mol. The number of fused-ring (bicyclic) bond motifs is 4. The molecule has 228 valence electrons. The van der Waals surface area contributed by atoms with Crippen LogP contribution in [-0.2, 0) is 0 Å². The zero-order chi connectivity index (χ0) is 28.0. The van der Waals surface area contributed by atoms with Crippen LogP contribution in [0.5, 0.6) is 0 Å². The van der Waals surface area contributed by atoms with Crippen molar-refractivity contribution in [3.05, 3.63) is 11.4 Å². The van der Waals surface area contributed by atoms with Gasteiger partial charge in [-0.25, -0.2) is 0 Å². The van der Waals surface area contributed by atoms with Crippen LogP contribution in [0.4, 0.5) is 0 Å². The first-order valence-electron chi connectivity index (χ1n) is 18.4. The second-order valence-electron chi connectivity index (χ2n) is 15.4. The minimum atomic E-state index is 0.622. The summed E-state index contributed by atoms with van der Waals surface area (Å²) in [5, 5.41) is 0. The van der Waals surface area contributed by atoms with Crippen molar-refractivity contribution < 1.29 is 0 Å². The van der Waals surface area contributed by atoms with Crippen molar-refractivity contribution in [1.82, 2.24) is 8.75 Å². The van der Waals surface area contributed by atoms with Crippen LogP contribution in [-0.4, -0.2) is 8.75 Å². The molecule has 0 aliphatic heterocycles. The van der Waals surface area contributed by atoms with Crippen LogP contribution in [0, 0.1) is 40.9 Å². The lowest BCUT2D eigenvalue weighted by Gasteiger charge is -2.47. The van der Waals surface area contributed by atoms with Crippen molar-refractivity contribution in [3.8, 4) is 0 Å². The van der Waals surface area contributed by atoms with E-state index in [0.717, 1.165) is 35.5 Å². The Morgan fingerprint density at radius 1 is 0.625 bits per heavy atom. The first-order chi connectivity index (χ1) is 19.6. The number of hydrogen-bond acceptors (Lipinski definition) is 3. The topological polar surface area (TPSA) is 25.8 Å². The Morgan fingerprint density at radius 3 is 1.88 bits per heavy atom. The van der Waals surface area contributed by atoms with Gasteiger partial charge in [-0.15, -0.1) is 0 Å². The van der Waals surface area contributed by atoms with Crippen LogP contribution in [0.1, 0.15) is 192 Å². The highest BCUT2D eigenvalue weighted by Gasteiger charge is 2.61. The fourth-order valence-electron chi connectivity index (χ4n) is 10.9. The molecule has 0 spiro atoms. The van der Waals surface area contributed by atoms with E-state index in [1.54, 1.807) is 25.7 Å². The summed E-state index contributed by atoms with van der Waals surface area (Å²) in [4.78, 5) is 0. The Kier molecular flexibility index (Phi) is 11.5. The van der Waals surface area contributed by atoms with Gasteiger partial charge in [-0.05, 0) is 98.7 Å². The Labute approximate surface area is 253 Å². The number of aromatic nitrogens is 2. The van der Waals surface area contributed by atoms with Gasteiger partial charge < -0.3 is 0 Å². The predicted molar refractivity (Wildman–Crippen MR) is 173 cm³/mol. The molecule has 1 aromatic rings. The van der Waals surface area contributed by atoms with Crippen molar-refractivity contribution in [2.45, 2.75) is 181 Å². The molecule has 0 N–H and O–H groups in total. The predicted octanol–water partition coefficient (Wildman–Crippen LogP) is 12.1. The quantitative estimate of drug-likeness (QED) is 0.197. The largest absolute Gasteiger partial charge is 0.178 e. The van der Waals surface area contributed by atoms with Gasteiger partial charge in [-0.3, -0.25) is 0 Å². The van der Waals surface area contributed by atoms with E-state index in [2.05, 4.69) is 27.7 Å². The molecule has 3 fully saturated rings. The lowest BCUT2D eigenvalue weighted by molar-refractivity contribution is 0.0277. The van der Waals surface area contributed by atoms with Crippen LogP contribution in [0.25, 0.3) is 0 Å². The summed E-state index contributed by atoms with van der Waals surface area (Å²) in [6, 6.07) is 0. The third-order valence-corrected chi connectivity index (χ3v) is 13.5. The fourth-order valence-corrected chi connectivity index (χ4v) is 11.6. The average Bonchev–Trinajstić information content (AvgIpc) is 3.55. The number of nitrogens with zero attached hydrogens (tertiary/aromatic N) is 2. The third kappa shape index (κ3) is 6.70. The summed E-state index contributed by atoms with van der Waals surface area (Å²) >= 11 is 1.50. The molecule has 8 atom stereocenters. The molecular formula is C37H64N2S. The maximum atomic E-state index is 4.97. The van der Waals surface area contributed by atoms with E-state index in [1.165, 1.54) is 139 Å². The standard InChI is InChI=1S/C37H64N2S/c1-5-7-9-11-13-15-23-37(24-16-14-12-10-8-6-2)33-25-27(3)17-20-31(33)32-22-19-29(26-34(32)37)30-21-18-28(4)35-36(30)39-40-38-35/h27-34H,5-26H2,1-4H3. The normalized spacial score (nSPS) is 34.8. The summed E-state index contributed by atoms with van der Waals surface area (Å²) in [5.74, 6) is 7.24. The Hall–Kier alpha value is -0.440. The lowest BCUT2D eigenvalue weighted by Crippen LogP contribution is -2.39. The van der Waals surface area contributed by atoms with Crippen molar-refractivity contribution in [2.24, 2.45) is 40.9 Å². The smallest absolute Gasteiger partial charge is 0.0811 e. The van der Waals surface area contributed by atoms with Crippen LogP contribution >= 0.6 is 11.7 Å². The Morgan fingerprint density at radius 2 is 1.20 bits per heavy atom. The first kappa shape index (κ1) is 31.0. The Bertz CT molecular complexity index is 861. The Balaban J connectivity index is 1.36. The molecule has 1 aromatic heterocycles. The summed E-state index contributed by atoms with van der Waals surface area (Å²) in [6.07, 6.45) is 32.4. The van der Waals surface area contributed by atoms with Crippen LogP contribution in [0.15, 0.2) is 0 Å². The highest BCUT2D eigenvalue weighted by atomic mass is 32.1. The van der Waals surface area contributed by atoms with Crippen molar-refractivity contribution in [3.63, 3.8) is 0 Å². The van der Waals surface area contributed by atoms with E-state index < -0.39 is 0 Å². The molecule has 0 radical (unpaired) electrons. The van der Waals surface area contributed by atoms with E-state index in [1.807, 2.05) is 0 Å². The molecule has 0 saturated heterocycles. The van der Waals surface area contributed by atoms with E-state index in [0.29, 0.717) is 17.3 Å². The maximum absolute atomic E-state index is 4.97. The highest BCUT2D eigenvalue weighted by Crippen LogP contribution is 2.69. The number of rotatable bonds is 15. The van der Waals surface area contributed by atoms with Gasteiger partial charge in [0.25, 0.3) is 0 Å². The van der Waals surface area contributed by atoms with Crippen LogP contribution in [0.3, 0.4) is 0 Å². The maximum Gasteiger partial charge on any atom is 0.0811 e. The molecule has 4 aliphatic rings. The van der Waals surface area contributed by atoms with E-state index in [-0.39, 0.29) is 0 Å². The molecule has 2 nitrogen and oxygen atoms in total. The zero-order valence-corrected chi connectivity index (χ0v) is 27.8. The second kappa shape index (κ2) is 14.8.